The lowest BCUT2D eigenvalue weighted by atomic mass is 10.1. The van der Waals surface area contributed by atoms with Gasteiger partial charge in [-0.1, -0.05) is 30.3 Å². The van der Waals surface area contributed by atoms with Gasteiger partial charge in [-0.15, -0.1) is 24.0 Å². The van der Waals surface area contributed by atoms with Crippen LogP contribution in [0.2, 0.25) is 0 Å². The Labute approximate surface area is 175 Å². The molecule has 3 aromatic rings. The molecule has 7 heteroatoms. The molecule has 27 heavy (non-hydrogen) atoms. The second kappa shape index (κ2) is 10.1. The van der Waals surface area contributed by atoms with Gasteiger partial charge in [-0.05, 0) is 36.2 Å². The van der Waals surface area contributed by atoms with Crippen molar-refractivity contribution in [1.82, 2.24) is 15.6 Å². The molecular formula is C20H22FIN4O. The molecule has 1 heterocycles. The monoisotopic (exact) mass is 480 g/mol. The predicted octanol–water partition coefficient (Wildman–Crippen LogP) is 4.27. The topological polar surface area (TPSA) is 62.5 Å². The summed E-state index contributed by atoms with van der Waals surface area (Å²) in [5.74, 6) is 0.985. The number of oxazole rings is 1. The largest absolute Gasteiger partial charge is 0.444 e. The van der Waals surface area contributed by atoms with Crippen molar-refractivity contribution in [3.05, 3.63) is 77.4 Å². The first-order valence-corrected chi connectivity index (χ1v) is 8.35. The highest BCUT2D eigenvalue weighted by Crippen LogP contribution is 2.17. The van der Waals surface area contributed by atoms with Crippen molar-refractivity contribution < 1.29 is 8.81 Å². The average Bonchev–Trinajstić information content (AvgIpc) is 3.14. The number of halogens is 2. The highest BCUT2D eigenvalue weighted by atomic mass is 127. The number of aryl methyl sites for hydroxylation is 1. The van der Waals surface area contributed by atoms with Crippen molar-refractivity contribution in [2.45, 2.75) is 20.0 Å². The number of rotatable bonds is 5. The molecular weight excluding hydrogens is 458 g/mol. The van der Waals surface area contributed by atoms with Gasteiger partial charge in [0.2, 0.25) is 5.89 Å². The Balaban J connectivity index is 0.00000261. The number of nitrogens with one attached hydrogen (secondary N) is 2. The Morgan fingerprint density at radius 3 is 2.56 bits per heavy atom. The van der Waals surface area contributed by atoms with Crippen molar-refractivity contribution >= 4 is 29.9 Å². The molecule has 0 spiro atoms. The molecule has 0 aliphatic heterocycles. The standard InChI is InChI=1S/C20H21FN4O.HI/c1-14-8-9-15(10-18(14)21)11-23-20(22-2)24-12-17-13-26-19(25-17)16-6-4-3-5-7-16;/h3-10,13H,11-12H2,1-2H3,(H2,22,23,24);1H. The van der Waals surface area contributed by atoms with Crippen LogP contribution in [0.15, 0.2) is 64.2 Å². The van der Waals surface area contributed by atoms with Crippen molar-refractivity contribution in [3.63, 3.8) is 0 Å². The Hall–Kier alpha value is -2.42. The van der Waals surface area contributed by atoms with Crippen LogP contribution in [-0.4, -0.2) is 18.0 Å². The van der Waals surface area contributed by atoms with Crippen LogP contribution in [0.5, 0.6) is 0 Å². The summed E-state index contributed by atoms with van der Waals surface area (Å²) in [6.07, 6.45) is 1.62. The molecule has 5 nitrogen and oxygen atoms in total. The van der Waals surface area contributed by atoms with E-state index in [-0.39, 0.29) is 29.8 Å². The van der Waals surface area contributed by atoms with Gasteiger partial charge < -0.3 is 15.1 Å². The maximum Gasteiger partial charge on any atom is 0.226 e. The molecule has 1 aromatic heterocycles. The summed E-state index contributed by atoms with van der Waals surface area (Å²) in [5.41, 5.74) is 3.19. The molecule has 0 saturated carbocycles. The fourth-order valence-corrected chi connectivity index (χ4v) is 2.43. The summed E-state index contributed by atoms with van der Waals surface area (Å²) in [7, 11) is 1.68. The molecule has 0 amide bonds. The Morgan fingerprint density at radius 2 is 1.85 bits per heavy atom. The highest BCUT2D eigenvalue weighted by molar-refractivity contribution is 14.0. The minimum Gasteiger partial charge on any atom is -0.444 e. The normalized spacial score (nSPS) is 11.0. The zero-order valence-corrected chi connectivity index (χ0v) is 17.5. The molecule has 0 bridgehead atoms. The van der Waals surface area contributed by atoms with E-state index < -0.39 is 0 Å². The van der Waals surface area contributed by atoms with Crippen LogP contribution < -0.4 is 10.6 Å². The second-order valence-electron chi connectivity index (χ2n) is 5.87. The predicted molar refractivity (Wildman–Crippen MR) is 116 cm³/mol. The number of hydrogen-bond acceptors (Lipinski definition) is 3. The molecule has 0 aliphatic carbocycles. The maximum atomic E-state index is 13.6. The van der Waals surface area contributed by atoms with E-state index in [1.165, 1.54) is 6.07 Å². The van der Waals surface area contributed by atoms with E-state index in [0.29, 0.717) is 30.5 Å². The van der Waals surface area contributed by atoms with Gasteiger partial charge in [0.15, 0.2) is 5.96 Å². The number of aliphatic imine (C=N–C) groups is 1. The smallest absolute Gasteiger partial charge is 0.226 e. The van der Waals surface area contributed by atoms with E-state index in [9.17, 15) is 4.39 Å². The molecule has 0 saturated heterocycles. The van der Waals surface area contributed by atoms with Crippen molar-refractivity contribution in [2.24, 2.45) is 4.99 Å². The van der Waals surface area contributed by atoms with Gasteiger partial charge in [-0.25, -0.2) is 9.37 Å². The summed E-state index contributed by atoms with van der Waals surface area (Å²) in [4.78, 5) is 8.63. The fraction of sp³-hybridized carbons (Fsp3) is 0.200. The van der Waals surface area contributed by atoms with Crippen LogP contribution in [0.25, 0.3) is 11.5 Å². The zero-order valence-electron chi connectivity index (χ0n) is 15.2. The van der Waals surface area contributed by atoms with E-state index in [1.54, 1.807) is 26.3 Å². The molecule has 2 aromatic carbocycles. The second-order valence-corrected chi connectivity index (χ2v) is 5.87. The van der Waals surface area contributed by atoms with Crippen LogP contribution >= 0.6 is 24.0 Å². The van der Waals surface area contributed by atoms with Crippen LogP contribution in [0, 0.1) is 12.7 Å². The van der Waals surface area contributed by atoms with Gasteiger partial charge >= 0.3 is 0 Å². The Kier molecular flexibility index (Phi) is 7.78. The van der Waals surface area contributed by atoms with E-state index in [4.69, 9.17) is 4.42 Å². The Morgan fingerprint density at radius 1 is 1.11 bits per heavy atom. The number of guanidine groups is 1. The molecule has 0 aliphatic rings. The lowest BCUT2D eigenvalue weighted by Gasteiger charge is -2.11. The van der Waals surface area contributed by atoms with Gasteiger partial charge in [0.1, 0.15) is 12.1 Å². The number of hydrogen-bond donors (Lipinski definition) is 2. The average molecular weight is 480 g/mol. The highest BCUT2D eigenvalue weighted by Gasteiger charge is 2.07. The summed E-state index contributed by atoms with van der Waals surface area (Å²) in [6, 6.07) is 14.9. The summed E-state index contributed by atoms with van der Waals surface area (Å²) in [5, 5.41) is 6.32. The van der Waals surface area contributed by atoms with E-state index in [2.05, 4.69) is 20.6 Å². The van der Waals surface area contributed by atoms with Gasteiger partial charge in [0.05, 0.1) is 12.2 Å². The van der Waals surface area contributed by atoms with Gasteiger partial charge in [-0.3, -0.25) is 4.99 Å². The van der Waals surface area contributed by atoms with Crippen molar-refractivity contribution in [2.75, 3.05) is 7.05 Å². The third-order valence-electron chi connectivity index (χ3n) is 3.93. The SMILES string of the molecule is CN=C(NCc1ccc(C)c(F)c1)NCc1coc(-c2ccccc2)n1.I. The quantitative estimate of drug-likeness (QED) is 0.325. The molecule has 3 rings (SSSR count). The number of benzene rings is 2. The molecule has 2 N–H and O–H groups in total. The first kappa shape index (κ1) is 20.9. The van der Waals surface area contributed by atoms with E-state index in [0.717, 1.165) is 16.8 Å². The van der Waals surface area contributed by atoms with Gasteiger partial charge in [0, 0.05) is 19.2 Å². The molecule has 0 atom stereocenters. The number of nitrogens with zero attached hydrogens (tertiary/aromatic N) is 2. The fourth-order valence-electron chi connectivity index (χ4n) is 2.43. The zero-order chi connectivity index (χ0) is 18.4. The summed E-state index contributed by atoms with van der Waals surface area (Å²) < 4.78 is 19.1. The van der Waals surface area contributed by atoms with Gasteiger partial charge in [0.25, 0.3) is 0 Å². The van der Waals surface area contributed by atoms with Crippen LogP contribution in [0.3, 0.4) is 0 Å². The molecule has 0 unspecified atom stereocenters. The third-order valence-corrected chi connectivity index (χ3v) is 3.93. The number of aromatic nitrogens is 1. The van der Waals surface area contributed by atoms with Crippen LogP contribution in [-0.2, 0) is 13.1 Å². The van der Waals surface area contributed by atoms with E-state index >= 15 is 0 Å². The maximum absolute atomic E-state index is 13.6. The van der Waals surface area contributed by atoms with Crippen LogP contribution in [0.4, 0.5) is 4.39 Å². The molecule has 0 fully saturated rings. The lowest BCUT2D eigenvalue weighted by molar-refractivity contribution is 0.572. The summed E-state index contributed by atoms with van der Waals surface area (Å²) in [6.45, 7) is 2.69. The first-order chi connectivity index (χ1) is 12.7. The summed E-state index contributed by atoms with van der Waals surface area (Å²) >= 11 is 0. The lowest BCUT2D eigenvalue weighted by Crippen LogP contribution is -2.36. The van der Waals surface area contributed by atoms with Crippen molar-refractivity contribution in [1.29, 1.82) is 0 Å². The third kappa shape index (κ3) is 5.78. The van der Waals surface area contributed by atoms with Crippen LogP contribution in [0.1, 0.15) is 16.8 Å². The Bertz CT molecular complexity index is 896. The molecule has 0 radical (unpaired) electrons. The first-order valence-electron chi connectivity index (χ1n) is 8.35. The minimum absolute atomic E-state index is 0. The van der Waals surface area contributed by atoms with Gasteiger partial charge in [-0.2, -0.15) is 0 Å². The molecule has 142 valence electrons. The minimum atomic E-state index is -0.205. The van der Waals surface area contributed by atoms with E-state index in [1.807, 2.05) is 36.4 Å². The van der Waals surface area contributed by atoms with Crippen molar-refractivity contribution in [3.8, 4) is 11.5 Å².